The van der Waals surface area contributed by atoms with Crippen molar-refractivity contribution in [1.29, 1.82) is 0 Å². The van der Waals surface area contributed by atoms with Gasteiger partial charge in [0.1, 0.15) is 0 Å². The summed E-state index contributed by atoms with van der Waals surface area (Å²) in [5.41, 5.74) is 3.14. The van der Waals surface area contributed by atoms with Crippen molar-refractivity contribution >= 4 is 21.9 Å². The topological polar surface area (TPSA) is 105 Å². The molecule has 8 nitrogen and oxygen atoms in total. The van der Waals surface area contributed by atoms with Crippen LogP contribution in [0.25, 0.3) is 11.5 Å². The van der Waals surface area contributed by atoms with Crippen LogP contribution in [-0.2, 0) is 10.0 Å². The van der Waals surface area contributed by atoms with Crippen LogP contribution in [0.4, 0.5) is 6.01 Å². The molecule has 1 amide bonds. The monoisotopic (exact) mass is 454 g/mol. The molecule has 1 N–H and O–H groups in total. The predicted octanol–water partition coefficient (Wildman–Crippen LogP) is 4.17. The van der Waals surface area contributed by atoms with Crippen LogP contribution >= 0.6 is 0 Å². The fraction of sp³-hybridized carbons (Fsp3) is 0.348. The lowest BCUT2D eigenvalue weighted by Crippen LogP contribution is -2.41. The summed E-state index contributed by atoms with van der Waals surface area (Å²) in [6.07, 6.45) is 2.75. The number of benzene rings is 2. The molecule has 9 heteroatoms. The molecule has 1 fully saturated rings. The molecule has 1 saturated heterocycles. The molecule has 0 radical (unpaired) electrons. The second kappa shape index (κ2) is 8.84. The second-order valence-electron chi connectivity index (χ2n) is 8.17. The summed E-state index contributed by atoms with van der Waals surface area (Å²) in [5, 5.41) is 10.5. The van der Waals surface area contributed by atoms with Gasteiger partial charge in [0.15, 0.2) is 0 Å². The minimum Gasteiger partial charge on any atom is -0.403 e. The molecule has 1 aromatic heterocycles. The lowest BCUT2D eigenvalue weighted by Gasteiger charge is -2.32. The standard InChI is InChI=1S/C23H26N4O4S/c1-15-7-8-16(2)20(14-15)22-25-26-23(31-22)24-21(28)18-9-11-19(12-10-18)32(29,30)27-13-5-4-6-17(27)3/h7-12,14,17H,4-6,13H2,1-3H3,(H,24,26,28)/t17-/m0/s1. The van der Waals surface area contributed by atoms with Crippen molar-refractivity contribution in [2.75, 3.05) is 11.9 Å². The molecule has 3 aromatic rings. The number of carbonyl (C=O) groups excluding carboxylic acids is 1. The Bertz CT molecular complexity index is 1240. The number of aromatic nitrogens is 2. The molecule has 4 rings (SSSR count). The van der Waals surface area contributed by atoms with E-state index in [9.17, 15) is 13.2 Å². The van der Waals surface area contributed by atoms with Crippen LogP contribution in [0, 0.1) is 13.8 Å². The van der Waals surface area contributed by atoms with Gasteiger partial charge in [0, 0.05) is 23.7 Å². The lowest BCUT2D eigenvalue weighted by molar-refractivity contribution is 0.102. The summed E-state index contributed by atoms with van der Waals surface area (Å²) in [4.78, 5) is 12.8. The molecular weight excluding hydrogens is 428 g/mol. The lowest BCUT2D eigenvalue weighted by atomic mass is 10.1. The normalized spacial score (nSPS) is 17.3. The van der Waals surface area contributed by atoms with E-state index in [4.69, 9.17) is 4.42 Å². The first kappa shape index (κ1) is 22.2. The van der Waals surface area contributed by atoms with Gasteiger partial charge in [-0.1, -0.05) is 29.2 Å². The van der Waals surface area contributed by atoms with Gasteiger partial charge >= 0.3 is 6.01 Å². The number of hydrogen-bond donors (Lipinski definition) is 1. The van der Waals surface area contributed by atoms with Crippen LogP contribution in [0.15, 0.2) is 51.8 Å². The first-order chi connectivity index (χ1) is 15.3. The Kier molecular flexibility index (Phi) is 6.12. The van der Waals surface area contributed by atoms with Gasteiger partial charge in [-0.05, 0) is 69.5 Å². The predicted molar refractivity (Wildman–Crippen MR) is 121 cm³/mol. The van der Waals surface area contributed by atoms with Gasteiger partial charge < -0.3 is 4.42 Å². The number of sulfonamides is 1. The first-order valence-corrected chi connectivity index (χ1v) is 12.0. The highest BCUT2D eigenvalue weighted by Crippen LogP contribution is 2.26. The van der Waals surface area contributed by atoms with Crippen LogP contribution in [0.5, 0.6) is 0 Å². The summed E-state index contributed by atoms with van der Waals surface area (Å²) in [5.74, 6) is -0.143. The molecule has 1 aliphatic rings. The number of carbonyl (C=O) groups is 1. The molecule has 0 saturated carbocycles. The molecule has 0 aliphatic carbocycles. The largest absolute Gasteiger partial charge is 0.403 e. The number of piperidine rings is 1. The Hall–Kier alpha value is -3.04. The van der Waals surface area contributed by atoms with Crippen molar-refractivity contribution in [3.05, 3.63) is 59.2 Å². The number of aryl methyl sites for hydroxylation is 2. The number of nitrogens with one attached hydrogen (secondary N) is 1. The van der Waals surface area contributed by atoms with Crippen molar-refractivity contribution in [3.63, 3.8) is 0 Å². The molecule has 0 spiro atoms. The quantitative estimate of drug-likeness (QED) is 0.620. The average Bonchev–Trinajstić information content (AvgIpc) is 3.24. The fourth-order valence-electron chi connectivity index (χ4n) is 3.86. The van der Waals surface area contributed by atoms with Crippen molar-refractivity contribution in [2.45, 2.75) is 51.0 Å². The second-order valence-corrected chi connectivity index (χ2v) is 10.1. The van der Waals surface area contributed by atoms with E-state index in [0.29, 0.717) is 18.0 Å². The zero-order valence-electron chi connectivity index (χ0n) is 18.3. The third kappa shape index (κ3) is 4.44. The summed E-state index contributed by atoms with van der Waals surface area (Å²) in [7, 11) is -3.59. The Morgan fingerprint density at radius 1 is 1.09 bits per heavy atom. The number of nitrogens with zero attached hydrogens (tertiary/aromatic N) is 3. The molecule has 2 heterocycles. The summed E-state index contributed by atoms with van der Waals surface area (Å²) in [6.45, 7) is 6.36. The highest BCUT2D eigenvalue weighted by atomic mass is 32.2. The van der Waals surface area contributed by atoms with Crippen LogP contribution in [-0.4, -0.2) is 41.4 Å². The summed E-state index contributed by atoms with van der Waals surface area (Å²) < 4.78 is 33.1. The smallest absolute Gasteiger partial charge is 0.322 e. The molecule has 32 heavy (non-hydrogen) atoms. The van der Waals surface area contributed by atoms with Gasteiger partial charge in [-0.15, -0.1) is 5.10 Å². The van der Waals surface area contributed by atoms with Crippen molar-refractivity contribution in [3.8, 4) is 11.5 Å². The SMILES string of the molecule is Cc1ccc(C)c(-c2nnc(NC(=O)c3ccc(S(=O)(=O)N4CCCC[C@@H]4C)cc3)o2)c1. The Morgan fingerprint density at radius 2 is 1.84 bits per heavy atom. The molecule has 168 valence electrons. The summed E-state index contributed by atoms with van der Waals surface area (Å²) >= 11 is 0. The van der Waals surface area contributed by atoms with E-state index in [1.165, 1.54) is 24.3 Å². The van der Waals surface area contributed by atoms with Crippen molar-refractivity contribution in [2.24, 2.45) is 0 Å². The third-order valence-corrected chi connectivity index (χ3v) is 7.76. The fourth-order valence-corrected chi connectivity index (χ4v) is 5.56. The number of rotatable bonds is 5. The van der Waals surface area contributed by atoms with E-state index in [1.807, 2.05) is 39.0 Å². The van der Waals surface area contributed by atoms with Crippen molar-refractivity contribution in [1.82, 2.24) is 14.5 Å². The highest BCUT2D eigenvalue weighted by Gasteiger charge is 2.31. The van der Waals surface area contributed by atoms with Gasteiger partial charge in [-0.3, -0.25) is 10.1 Å². The van der Waals surface area contributed by atoms with Crippen LogP contribution in [0.1, 0.15) is 47.7 Å². The average molecular weight is 455 g/mol. The number of hydrogen-bond acceptors (Lipinski definition) is 6. The highest BCUT2D eigenvalue weighted by molar-refractivity contribution is 7.89. The molecule has 1 aliphatic heterocycles. The van der Waals surface area contributed by atoms with E-state index < -0.39 is 15.9 Å². The third-order valence-electron chi connectivity index (χ3n) is 5.73. The number of anilines is 1. The molecule has 1 atom stereocenters. The molecule has 2 aromatic carbocycles. The van der Waals surface area contributed by atoms with Crippen LogP contribution in [0.3, 0.4) is 0 Å². The Balaban J connectivity index is 1.48. The van der Waals surface area contributed by atoms with Crippen LogP contribution in [0.2, 0.25) is 0 Å². The van der Waals surface area contributed by atoms with E-state index >= 15 is 0 Å². The number of amides is 1. The Labute approximate surface area is 187 Å². The summed E-state index contributed by atoms with van der Waals surface area (Å²) in [6, 6.07) is 11.7. The van der Waals surface area contributed by atoms with Crippen LogP contribution < -0.4 is 5.32 Å². The van der Waals surface area contributed by atoms with Gasteiger partial charge in [0.2, 0.25) is 15.9 Å². The van der Waals surface area contributed by atoms with Gasteiger partial charge in [-0.2, -0.15) is 4.31 Å². The molecule has 0 unspecified atom stereocenters. The minimum absolute atomic E-state index is 0.0234. The van der Waals surface area contributed by atoms with Crippen molar-refractivity contribution < 1.29 is 17.6 Å². The maximum atomic E-state index is 13.0. The zero-order chi connectivity index (χ0) is 22.9. The van der Waals surface area contributed by atoms with E-state index in [0.717, 1.165) is 36.0 Å². The Morgan fingerprint density at radius 3 is 2.56 bits per heavy atom. The first-order valence-electron chi connectivity index (χ1n) is 10.6. The van der Waals surface area contributed by atoms with Gasteiger partial charge in [-0.25, -0.2) is 8.42 Å². The maximum absolute atomic E-state index is 13.0. The van der Waals surface area contributed by atoms with Gasteiger partial charge in [0.25, 0.3) is 5.91 Å². The molecular formula is C23H26N4O4S. The zero-order valence-corrected chi connectivity index (χ0v) is 19.1. The van der Waals surface area contributed by atoms with E-state index in [1.54, 1.807) is 4.31 Å². The molecule has 0 bridgehead atoms. The van der Waals surface area contributed by atoms with Gasteiger partial charge in [0.05, 0.1) is 4.90 Å². The van der Waals surface area contributed by atoms with E-state index in [2.05, 4.69) is 15.5 Å². The minimum atomic E-state index is -3.59. The maximum Gasteiger partial charge on any atom is 0.322 e. The van der Waals surface area contributed by atoms with E-state index in [-0.39, 0.29) is 17.0 Å².